The maximum absolute atomic E-state index is 13.1. The fourth-order valence-corrected chi connectivity index (χ4v) is 4.45. The minimum atomic E-state index is -4.18. The summed E-state index contributed by atoms with van der Waals surface area (Å²) in [5.74, 6) is -0.904. The van der Waals surface area contributed by atoms with Gasteiger partial charge >= 0.3 is 6.03 Å². The van der Waals surface area contributed by atoms with Crippen LogP contribution in [0.25, 0.3) is 0 Å². The molecule has 28 heavy (non-hydrogen) atoms. The van der Waals surface area contributed by atoms with Gasteiger partial charge in [-0.1, -0.05) is 20.8 Å². The molecule has 0 bridgehead atoms. The number of carbonyl (C=O) groups is 2. The van der Waals surface area contributed by atoms with E-state index in [1.807, 2.05) is 0 Å². The van der Waals surface area contributed by atoms with Crippen molar-refractivity contribution >= 4 is 27.6 Å². The number of hydrogen-bond acceptors (Lipinski definition) is 6. The number of amides is 3. The van der Waals surface area contributed by atoms with Crippen LogP contribution in [-0.2, 0) is 14.8 Å². The lowest BCUT2D eigenvalue weighted by Crippen LogP contribution is -2.55. The van der Waals surface area contributed by atoms with Crippen molar-refractivity contribution in [1.82, 2.24) is 15.1 Å². The van der Waals surface area contributed by atoms with Gasteiger partial charge in [-0.15, -0.1) is 0 Å². The number of hydrogen-bond donors (Lipinski definition) is 5. The summed E-state index contributed by atoms with van der Waals surface area (Å²) >= 11 is 0. The molecule has 1 atom stereocenters. The summed E-state index contributed by atoms with van der Waals surface area (Å²) < 4.78 is 27.1. The molecule has 1 aromatic carbocycles. The van der Waals surface area contributed by atoms with Crippen molar-refractivity contribution in [3.63, 3.8) is 0 Å². The zero-order valence-electron chi connectivity index (χ0n) is 16.4. The maximum Gasteiger partial charge on any atom is 0.319 e. The molecule has 1 rings (SSSR count). The minimum absolute atomic E-state index is 0.123. The number of benzene rings is 1. The Morgan fingerprint density at radius 2 is 1.75 bits per heavy atom. The van der Waals surface area contributed by atoms with E-state index in [2.05, 4.69) is 10.6 Å². The molecule has 1 aromatic rings. The summed E-state index contributed by atoms with van der Waals surface area (Å²) in [5.41, 5.74) is 1.02. The fraction of sp³-hybridized carbons (Fsp3) is 0.529. The lowest BCUT2D eigenvalue weighted by atomic mass is 9.86. The summed E-state index contributed by atoms with van der Waals surface area (Å²) in [4.78, 5) is 23.6. The first-order valence-corrected chi connectivity index (χ1v) is 10.1. The smallest absolute Gasteiger partial charge is 0.319 e. The topological polar surface area (TPSA) is 148 Å². The molecule has 158 valence electrons. The molecule has 0 unspecified atom stereocenters. The van der Waals surface area contributed by atoms with Gasteiger partial charge in [0.1, 0.15) is 6.04 Å². The lowest BCUT2D eigenvalue weighted by Gasteiger charge is -2.37. The van der Waals surface area contributed by atoms with E-state index in [1.165, 1.54) is 29.7 Å². The summed E-state index contributed by atoms with van der Waals surface area (Å²) in [7, 11) is -4.18. The van der Waals surface area contributed by atoms with Crippen LogP contribution in [0.1, 0.15) is 27.7 Å². The Labute approximate surface area is 164 Å². The number of urea groups is 1. The van der Waals surface area contributed by atoms with Crippen molar-refractivity contribution in [3.05, 3.63) is 24.3 Å². The van der Waals surface area contributed by atoms with E-state index in [9.17, 15) is 23.1 Å². The molecule has 11 heteroatoms. The summed E-state index contributed by atoms with van der Waals surface area (Å²) in [6.07, 6.45) is 0. The molecule has 0 heterocycles. The number of sulfonamides is 1. The van der Waals surface area contributed by atoms with Crippen LogP contribution < -0.4 is 16.1 Å². The number of aliphatic hydroxyl groups is 1. The molecule has 0 radical (unpaired) electrons. The number of nitrogens with zero attached hydrogens (tertiary/aromatic N) is 1. The summed E-state index contributed by atoms with van der Waals surface area (Å²) in [6, 6.07) is 3.72. The molecular weight excluding hydrogens is 388 g/mol. The van der Waals surface area contributed by atoms with Gasteiger partial charge < -0.3 is 15.7 Å². The molecule has 0 saturated heterocycles. The molecule has 0 saturated carbocycles. The van der Waals surface area contributed by atoms with Crippen molar-refractivity contribution in [3.8, 4) is 0 Å². The van der Waals surface area contributed by atoms with Crippen LogP contribution in [-0.4, -0.2) is 60.7 Å². The first kappa shape index (κ1) is 23.8. The van der Waals surface area contributed by atoms with Gasteiger partial charge in [-0.2, -0.15) is 4.31 Å². The first-order valence-electron chi connectivity index (χ1n) is 8.70. The number of aliphatic hydroxyl groups excluding tert-OH is 1. The van der Waals surface area contributed by atoms with Gasteiger partial charge in [0.25, 0.3) is 5.91 Å². The van der Waals surface area contributed by atoms with Crippen LogP contribution in [0.3, 0.4) is 0 Å². The van der Waals surface area contributed by atoms with Crippen molar-refractivity contribution < 1.29 is 28.3 Å². The highest BCUT2D eigenvalue weighted by Crippen LogP contribution is 2.30. The number of nitrogens with one attached hydrogen (secondary N) is 3. The normalized spacial score (nSPS) is 13.1. The van der Waals surface area contributed by atoms with Gasteiger partial charge in [-0.05, 0) is 36.6 Å². The minimum Gasteiger partial charge on any atom is -0.395 e. The highest BCUT2D eigenvalue weighted by molar-refractivity contribution is 7.89. The Morgan fingerprint density at radius 3 is 2.18 bits per heavy atom. The number of carbonyl (C=O) groups excluding carboxylic acids is 2. The van der Waals surface area contributed by atoms with Crippen LogP contribution in [0.5, 0.6) is 0 Å². The monoisotopic (exact) mass is 416 g/mol. The van der Waals surface area contributed by atoms with Crippen molar-refractivity contribution in [2.24, 2.45) is 5.41 Å². The van der Waals surface area contributed by atoms with E-state index in [-0.39, 0.29) is 11.4 Å². The number of anilines is 1. The van der Waals surface area contributed by atoms with E-state index in [0.717, 1.165) is 4.31 Å². The van der Waals surface area contributed by atoms with Gasteiger partial charge in [0.05, 0.1) is 11.5 Å². The Morgan fingerprint density at radius 1 is 1.18 bits per heavy atom. The SMILES string of the molecule is CCNC(=O)Nc1ccc(S(=O)(=O)N(CCO)[C@@H](C(=O)NO)C(C)(C)C)cc1. The van der Waals surface area contributed by atoms with Gasteiger partial charge in [0.2, 0.25) is 10.0 Å². The quantitative estimate of drug-likeness (QED) is 0.312. The molecule has 3 amide bonds. The van der Waals surface area contributed by atoms with E-state index >= 15 is 0 Å². The van der Waals surface area contributed by atoms with Crippen LogP contribution >= 0.6 is 0 Å². The average molecular weight is 417 g/mol. The molecule has 0 spiro atoms. The predicted molar refractivity (Wildman–Crippen MR) is 103 cm³/mol. The zero-order valence-corrected chi connectivity index (χ0v) is 17.2. The first-order chi connectivity index (χ1) is 13.0. The van der Waals surface area contributed by atoms with E-state index in [4.69, 9.17) is 5.21 Å². The third-order valence-electron chi connectivity index (χ3n) is 3.84. The second kappa shape index (κ2) is 9.82. The largest absolute Gasteiger partial charge is 0.395 e. The Bertz CT molecular complexity index is 774. The van der Waals surface area contributed by atoms with E-state index in [1.54, 1.807) is 27.7 Å². The van der Waals surface area contributed by atoms with E-state index in [0.29, 0.717) is 12.2 Å². The standard InChI is InChI=1S/C17H28N4O6S/c1-5-18-16(24)19-12-6-8-13(9-7-12)28(26,27)21(10-11-22)14(15(23)20-25)17(2,3)4/h6-9,14,22,25H,5,10-11H2,1-4H3,(H,20,23)(H2,18,19,24)/t14-/m0/s1. The molecule has 0 aliphatic heterocycles. The van der Waals surface area contributed by atoms with Gasteiger partial charge in [-0.25, -0.2) is 18.7 Å². The lowest BCUT2D eigenvalue weighted by molar-refractivity contribution is -0.136. The van der Waals surface area contributed by atoms with Gasteiger partial charge in [0, 0.05) is 18.8 Å². The zero-order chi connectivity index (χ0) is 21.5. The van der Waals surface area contributed by atoms with E-state index < -0.39 is 40.0 Å². The maximum atomic E-state index is 13.1. The third kappa shape index (κ3) is 5.89. The molecular formula is C17H28N4O6S. The second-order valence-corrected chi connectivity index (χ2v) is 8.98. The van der Waals surface area contributed by atoms with Crippen molar-refractivity contribution in [2.75, 3.05) is 25.0 Å². The Kier molecular flexibility index (Phi) is 8.36. The molecule has 5 N–H and O–H groups in total. The van der Waals surface area contributed by atoms with Crippen LogP contribution in [0.4, 0.5) is 10.5 Å². The Balaban J connectivity index is 3.27. The third-order valence-corrected chi connectivity index (χ3v) is 5.72. The number of rotatable bonds is 8. The predicted octanol–water partition coefficient (Wildman–Crippen LogP) is 0.731. The second-order valence-electron chi connectivity index (χ2n) is 7.09. The number of hydroxylamine groups is 1. The van der Waals surface area contributed by atoms with Crippen LogP contribution in [0, 0.1) is 5.41 Å². The van der Waals surface area contributed by atoms with Crippen LogP contribution in [0.15, 0.2) is 29.2 Å². The van der Waals surface area contributed by atoms with Crippen LogP contribution in [0.2, 0.25) is 0 Å². The molecule has 10 nitrogen and oxygen atoms in total. The Hall–Kier alpha value is -2.21. The highest BCUT2D eigenvalue weighted by Gasteiger charge is 2.42. The summed E-state index contributed by atoms with van der Waals surface area (Å²) in [6.45, 7) is 6.29. The fourth-order valence-electron chi connectivity index (χ4n) is 2.69. The molecule has 0 fully saturated rings. The summed E-state index contributed by atoms with van der Waals surface area (Å²) in [5, 5.41) is 23.5. The molecule has 0 aliphatic rings. The highest BCUT2D eigenvalue weighted by atomic mass is 32.2. The van der Waals surface area contributed by atoms with Crippen molar-refractivity contribution in [2.45, 2.75) is 38.6 Å². The molecule has 0 aliphatic carbocycles. The van der Waals surface area contributed by atoms with Gasteiger partial charge in [0.15, 0.2) is 0 Å². The van der Waals surface area contributed by atoms with Gasteiger partial charge in [-0.3, -0.25) is 10.0 Å². The average Bonchev–Trinajstić information content (AvgIpc) is 2.60. The molecule has 0 aromatic heterocycles. The van der Waals surface area contributed by atoms with Crippen molar-refractivity contribution in [1.29, 1.82) is 0 Å².